The fourth-order valence-electron chi connectivity index (χ4n) is 2.49. The third-order valence-electron chi connectivity index (χ3n) is 3.91. The molecule has 4 nitrogen and oxygen atoms in total. The van der Waals surface area contributed by atoms with E-state index in [9.17, 15) is 4.79 Å². The van der Waals surface area contributed by atoms with Gasteiger partial charge in [-0.3, -0.25) is 4.79 Å². The molecular weight excluding hydrogens is 226 g/mol. The van der Waals surface area contributed by atoms with Crippen molar-refractivity contribution < 1.29 is 4.79 Å². The molecular formula is C14H25N3O. The number of nitrogens with two attached hydrogens (primary N) is 1. The molecule has 0 bridgehead atoms. The Morgan fingerprint density at radius 3 is 2.50 bits per heavy atom. The first-order chi connectivity index (χ1) is 8.44. The molecule has 4 heteroatoms. The van der Waals surface area contributed by atoms with Crippen molar-refractivity contribution in [2.45, 2.75) is 58.4 Å². The number of nitrogens with zero attached hydrogens (tertiary/aromatic N) is 1. The fraction of sp³-hybridized carbons (Fsp3) is 0.857. The predicted molar refractivity (Wildman–Crippen MR) is 71.6 cm³/mol. The highest BCUT2D eigenvalue weighted by atomic mass is 16.1. The maximum absolute atomic E-state index is 11.1. The molecule has 0 saturated heterocycles. The molecule has 1 aliphatic carbocycles. The summed E-state index contributed by atoms with van der Waals surface area (Å²) in [6, 6.07) is 2.70. The third kappa shape index (κ3) is 5.05. The van der Waals surface area contributed by atoms with Gasteiger partial charge in [-0.05, 0) is 37.5 Å². The Morgan fingerprint density at radius 2 is 2.00 bits per heavy atom. The quantitative estimate of drug-likeness (QED) is 0.757. The minimum Gasteiger partial charge on any atom is -0.369 e. The number of hydrogen-bond donors (Lipinski definition) is 2. The van der Waals surface area contributed by atoms with Crippen LogP contribution >= 0.6 is 0 Å². The normalized spacial score (nSPS) is 24.5. The van der Waals surface area contributed by atoms with E-state index in [2.05, 4.69) is 25.2 Å². The molecule has 1 saturated carbocycles. The smallest absolute Gasteiger partial charge is 0.220 e. The highest BCUT2D eigenvalue weighted by Crippen LogP contribution is 2.26. The second-order valence-electron chi connectivity index (χ2n) is 6.15. The Bertz CT molecular complexity index is 311. The van der Waals surface area contributed by atoms with Gasteiger partial charge in [0.15, 0.2) is 0 Å². The molecule has 0 heterocycles. The fourth-order valence-corrected chi connectivity index (χ4v) is 2.49. The molecule has 0 spiro atoms. The van der Waals surface area contributed by atoms with Crippen LogP contribution in [0.4, 0.5) is 0 Å². The molecule has 18 heavy (non-hydrogen) atoms. The molecule has 0 aromatic rings. The standard InChI is InChI=1S/C14H25N3O/c1-14(2,8-3-9-15)10-17-12-6-4-11(5-7-12)13(16)18/h11-12,17H,3-8,10H2,1-2H3,(H2,16,18). The van der Waals surface area contributed by atoms with Crippen LogP contribution in [0.25, 0.3) is 0 Å². The summed E-state index contributed by atoms with van der Waals surface area (Å²) in [7, 11) is 0. The molecule has 1 rings (SSSR count). The van der Waals surface area contributed by atoms with Crippen LogP contribution in [-0.2, 0) is 4.79 Å². The summed E-state index contributed by atoms with van der Waals surface area (Å²) in [4.78, 5) is 11.1. The van der Waals surface area contributed by atoms with Crippen LogP contribution in [0.3, 0.4) is 0 Å². The first-order valence-corrected chi connectivity index (χ1v) is 6.84. The van der Waals surface area contributed by atoms with Gasteiger partial charge in [0.2, 0.25) is 5.91 Å². The SMILES string of the molecule is CC(C)(CCC#N)CNC1CCC(C(N)=O)CC1. The van der Waals surface area contributed by atoms with Gasteiger partial charge in [-0.15, -0.1) is 0 Å². The van der Waals surface area contributed by atoms with E-state index >= 15 is 0 Å². The van der Waals surface area contributed by atoms with Gasteiger partial charge in [0.1, 0.15) is 0 Å². The zero-order valence-corrected chi connectivity index (χ0v) is 11.5. The van der Waals surface area contributed by atoms with E-state index < -0.39 is 0 Å². The summed E-state index contributed by atoms with van der Waals surface area (Å²) in [6.07, 6.45) is 5.41. The average molecular weight is 251 g/mol. The lowest BCUT2D eigenvalue weighted by molar-refractivity contribution is -0.122. The van der Waals surface area contributed by atoms with Gasteiger partial charge < -0.3 is 11.1 Å². The molecule has 102 valence electrons. The van der Waals surface area contributed by atoms with Crippen molar-refractivity contribution in [2.24, 2.45) is 17.1 Å². The van der Waals surface area contributed by atoms with Crippen LogP contribution in [0.2, 0.25) is 0 Å². The number of carbonyl (C=O) groups is 1. The number of nitrogens with one attached hydrogen (secondary N) is 1. The molecule has 1 fully saturated rings. The van der Waals surface area contributed by atoms with Crippen LogP contribution in [0, 0.1) is 22.7 Å². The number of carbonyl (C=O) groups excluding carboxylic acids is 1. The lowest BCUT2D eigenvalue weighted by Gasteiger charge is -2.31. The van der Waals surface area contributed by atoms with Gasteiger partial charge in [-0.1, -0.05) is 13.8 Å². The van der Waals surface area contributed by atoms with Gasteiger partial charge in [0.25, 0.3) is 0 Å². The van der Waals surface area contributed by atoms with Crippen molar-refractivity contribution in [1.82, 2.24) is 5.32 Å². The first kappa shape index (κ1) is 15.0. The summed E-state index contributed by atoms with van der Waals surface area (Å²) >= 11 is 0. The average Bonchev–Trinajstić information content (AvgIpc) is 2.35. The van der Waals surface area contributed by atoms with E-state index in [1.807, 2.05) is 0 Å². The largest absolute Gasteiger partial charge is 0.369 e. The number of amides is 1. The molecule has 1 aliphatic rings. The number of primary amides is 1. The molecule has 0 aromatic heterocycles. The Kier molecular flexibility index (Phi) is 5.61. The van der Waals surface area contributed by atoms with E-state index in [0.29, 0.717) is 12.5 Å². The second kappa shape index (κ2) is 6.75. The van der Waals surface area contributed by atoms with Crippen molar-refractivity contribution >= 4 is 5.91 Å². The maximum atomic E-state index is 11.1. The molecule has 0 atom stereocenters. The third-order valence-corrected chi connectivity index (χ3v) is 3.91. The molecule has 0 unspecified atom stereocenters. The van der Waals surface area contributed by atoms with Crippen LogP contribution in [0.1, 0.15) is 52.4 Å². The highest BCUT2D eigenvalue weighted by molar-refractivity contribution is 5.76. The number of rotatable bonds is 6. The zero-order chi connectivity index (χ0) is 13.6. The monoisotopic (exact) mass is 251 g/mol. The topological polar surface area (TPSA) is 78.9 Å². The lowest BCUT2D eigenvalue weighted by atomic mass is 9.84. The number of hydrogen-bond acceptors (Lipinski definition) is 3. The van der Waals surface area contributed by atoms with Gasteiger partial charge in [0.05, 0.1) is 6.07 Å². The van der Waals surface area contributed by atoms with Gasteiger partial charge in [0, 0.05) is 24.9 Å². The summed E-state index contributed by atoms with van der Waals surface area (Å²) in [5.41, 5.74) is 5.48. The molecule has 1 amide bonds. The van der Waals surface area contributed by atoms with Gasteiger partial charge in [-0.2, -0.15) is 5.26 Å². The van der Waals surface area contributed by atoms with E-state index in [4.69, 9.17) is 11.0 Å². The Labute approximate surface area is 110 Å². The number of nitriles is 1. The van der Waals surface area contributed by atoms with Crippen molar-refractivity contribution in [1.29, 1.82) is 5.26 Å². The summed E-state index contributed by atoms with van der Waals surface area (Å²) in [5, 5.41) is 12.2. The van der Waals surface area contributed by atoms with Crippen molar-refractivity contribution in [2.75, 3.05) is 6.54 Å². The summed E-state index contributed by atoms with van der Waals surface area (Å²) in [6.45, 7) is 5.30. The van der Waals surface area contributed by atoms with Gasteiger partial charge >= 0.3 is 0 Å². The Morgan fingerprint density at radius 1 is 1.39 bits per heavy atom. The zero-order valence-electron chi connectivity index (χ0n) is 11.5. The molecule has 3 N–H and O–H groups in total. The Balaban J connectivity index is 2.25. The van der Waals surface area contributed by atoms with Crippen LogP contribution < -0.4 is 11.1 Å². The van der Waals surface area contributed by atoms with Crippen molar-refractivity contribution in [3.8, 4) is 6.07 Å². The van der Waals surface area contributed by atoms with E-state index in [0.717, 1.165) is 38.6 Å². The summed E-state index contributed by atoms with van der Waals surface area (Å²) < 4.78 is 0. The van der Waals surface area contributed by atoms with Crippen LogP contribution in [-0.4, -0.2) is 18.5 Å². The maximum Gasteiger partial charge on any atom is 0.220 e. The van der Waals surface area contributed by atoms with Crippen molar-refractivity contribution in [3.63, 3.8) is 0 Å². The summed E-state index contributed by atoms with van der Waals surface area (Å²) in [5.74, 6) is -0.0718. The first-order valence-electron chi connectivity index (χ1n) is 6.84. The Hall–Kier alpha value is -1.08. The minimum absolute atomic E-state index is 0.0784. The molecule has 0 aliphatic heterocycles. The lowest BCUT2D eigenvalue weighted by Crippen LogP contribution is -2.40. The second-order valence-corrected chi connectivity index (χ2v) is 6.15. The van der Waals surface area contributed by atoms with Crippen molar-refractivity contribution in [3.05, 3.63) is 0 Å². The predicted octanol–water partition coefficient (Wildman–Crippen LogP) is 1.95. The highest BCUT2D eigenvalue weighted by Gasteiger charge is 2.26. The van der Waals surface area contributed by atoms with E-state index in [1.165, 1.54) is 0 Å². The molecule has 0 aromatic carbocycles. The van der Waals surface area contributed by atoms with Gasteiger partial charge in [-0.25, -0.2) is 0 Å². The molecule has 0 radical (unpaired) electrons. The van der Waals surface area contributed by atoms with Crippen LogP contribution in [0.5, 0.6) is 0 Å². The van der Waals surface area contributed by atoms with E-state index in [-0.39, 0.29) is 17.2 Å². The van der Waals surface area contributed by atoms with E-state index in [1.54, 1.807) is 0 Å². The van der Waals surface area contributed by atoms with Crippen LogP contribution in [0.15, 0.2) is 0 Å². The minimum atomic E-state index is -0.150.